The molecule has 1 aromatic carbocycles. The predicted molar refractivity (Wildman–Crippen MR) is 76.1 cm³/mol. The first-order valence-corrected chi connectivity index (χ1v) is 6.93. The minimum atomic E-state index is -0.425. The first-order valence-electron chi connectivity index (χ1n) is 6.93. The topological polar surface area (TPSA) is 84.6 Å². The molecule has 0 amide bonds. The lowest BCUT2D eigenvalue weighted by Crippen LogP contribution is -2.26. The van der Waals surface area contributed by atoms with E-state index in [4.69, 9.17) is 4.74 Å². The van der Waals surface area contributed by atoms with Crippen molar-refractivity contribution in [2.45, 2.75) is 32.2 Å². The van der Waals surface area contributed by atoms with Crippen LogP contribution in [0.1, 0.15) is 26.2 Å². The van der Waals surface area contributed by atoms with Crippen LogP contribution in [0.3, 0.4) is 0 Å². The zero-order valence-electron chi connectivity index (χ0n) is 11.5. The van der Waals surface area contributed by atoms with Gasteiger partial charge in [0.1, 0.15) is 5.75 Å². The molecule has 0 saturated heterocycles. The molecule has 2 atom stereocenters. The highest BCUT2D eigenvalue weighted by Gasteiger charge is 2.26. The summed E-state index contributed by atoms with van der Waals surface area (Å²) in [6.07, 6.45) is 3.02. The summed E-state index contributed by atoms with van der Waals surface area (Å²) < 4.78 is 5.36. The molecule has 1 fully saturated rings. The fraction of sp³-hybridized carbons (Fsp3) is 0.571. The fourth-order valence-corrected chi connectivity index (χ4v) is 2.68. The van der Waals surface area contributed by atoms with Crippen molar-refractivity contribution in [3.8, 4) is 5.75 Å². The molecule has 0 heterocycles. The summed E-state index contributed by atoms with van der Waals surface area (Å²) >= 11 is 0. The second-order valence-electron chi connectivity index (χ2n) is 5.03. The normalized spacial score (nSPS) is 21.7. The van der Waals surface area contributed by atoms with Gasteiger partial charge in [0.15, 0.2) is 0 Å². The quantitative estimate of drug-likeness (QED) is 0.618. The minimum Gasteiger partial charge on any atom is -0.494 e. The first-order chi connectivity index (χ1) is 9.63. The number of hydrogen-bond acceptors (Lipinski definition) is 5. The van der Waals surface area contributed by atoms with Gasteiger partial charge >= 0.3 is 0 Å². The van der Waals surface area contributed by atoms with Crippen LogP contribution in [-0.2, 0) is 0 Å². The van der Waals surface area contributed by atoms with Gasteiger partial charge in [-0.25, -0.2) is 0 Å². The van der Waals surface area contributed by atoms with Crippen molar-refractivity contribution in [2.75, 3.05) is 18.5 Å². The van der Waals surface area contributed by atoms with E-state index in [1.54, 1.807) is 6.07 Å². The van der Waals surface area contributed by atoms with Gasteiger partial charge in [0.2, 0.25) is 0 Å². The molecule has 0 radical (unpaired) electrons. The Bertz CT molecular complexity index is 478. The average molecular weight is 280 g/mol. The number of non-ortho nitro benzene ring substituents is 1. The molecule has 6 heteroatoms. The number of rotatable bonds is 6. The summed E-state index contributed by atoms with van der Waals surface area (Å²) in [4.78, 5) is 10.5. The summed E-state index contributed by atoms with van der Waals surface area (Å²) in [6, 6.07) is 4.86. The number of benzene rings is 1. The maximum absolute atomic E-state index is 10.9. The van der Waals surface area contributed by atoms with E-state index in [9.17, 15) is 15.2 Å². The van der Waals surface area contributed by atoms with E-state index in [1.807, 2.05) is 6.92 Å². The van der Waals surface area contributed by atoms with Crippen molar-refractivity contribution in [3.63, 3.8) is 0 Å². The van der Waals surface area contributed by atoms with Crippen LogP contribution < -0.4 is 10.1 Å². The third-order valence-electron chi connectivity index (χ3n) is 3.66. The van der Waals surface area contributed by atoms with E-state index in [-0.39, 0.29) is 24.3 Å². The summed E-state index contributed by atoms with van der Waals surface area (Å²) in [7, 11) is 0. The van der Waals surface area contributed by atoms with E-state index in [0.29, 0.717) is 18.0 Å². The number of nitrogens with zero attached hydrogens (tertiary/aromatic N) is 1. The maximum atomic E-state index is 10.9. The molecule has 1 aliphatic rings. The monoisotopic (exact) mass is 280 g/mol. The Labute approximate surface area is 117 Å². The van der Waals surface area contributed by atoms with Gasteiger partial charge in [-0.1, -0.05) is 6.42 Å². The van der Waals surface area contributed by atoms with Crippen LogP contribution in [0.4, 0.5) is 11.4 Å². The number of hydrogen-bond donors (Lipinski definition) is 2. The summed E-state index contributed by atoms with van der Waals surface area (Å²) in [5.41, 5.74) is 0.685. The maximum Gasteiger partial charge on any atom is 0.275 e. The van der Waals surface area contributed by atoms with Crippen molar-refractivity contribution >= 4 is 11.4 Å². The molecule has 20 heavy (non-hydrogen) atoms. The van der Waals surface area contributed by atoms with Crippen molar-refractivity contribution in [1.82, 2.24) is 0 Å². The van der Waals surface area contributed by atoms with Crippen LogP contribution in [0, 0.1) is 16.0 Å². The van der Waals surface area contributed by atoms with Gasteiger partial charge in [-0.3, -0.25) is 10.1 Å². The Kier molecular flexibility index (Phi) is 4.79. The Morgan fingerprint density at radius 3 is 2.90 bits per heavy atom. The Morgan fingerprint density at radius 1 is 1.45 bits per heavy atom. The minimum absolute atomic E-state index is 0.0111. The SMILES string of the molecule is CCOc1cc(NC2CCCC2CO)cc([N+](=O)[O-])c1. The molecule has 0 spiro atoms. The van der Waals surface area contributed by atoms with Crippen LogP contribution >= 0.6 is 0 Å². The largest absolute Gasteiger partial charge is 0.494 e. The van der Waals surface area contributed by atoms with Gasteiger partial charge < -0.3 is 15.2 Å². The molecule has 0 aliphatic heterocycles. The lowest BCUT2D eigenvalue weighted by Gasteiger charge is -2.20. The zero-order chi connectivity index (χ0) is 14.5. The predicted octanol–water partition coefficient (Wildman–Crippen LogP) is 2.57. The standard InChI is InChI=1S/C14H20N2O4/c1-2-20-13-7-11(6-12(8-13)16(18)19)15-14-5-3-4-10(14)9-17/h6-8,10,14-15,17H,2-5,9H2,1H3. The Morgan fingerprint density at radius 2 is 2.25 bits per heavy atom. The second kappa shape index (κ2) is 6.56. The highest BCUT2D eigenvalue weighted by Crippen LogP contribution is 2.31. The van der Waals surface area contributed by atoms with Crippen molar-refractivity contribution < 1.29 is 14.8 Å². The van der Waals surface area contributed by atoms with Gasteiger partial charge in [0, 0.05) is 36.4 Å². The molecule has 1 aromatic rings. The highest BCUT2D eigenvalue weighted by molar-refractivity contribution is 5.57. The first kappa shape index (κ1) is 14.6. The number of aliphatic hydroxyl groups excluding tert-OH is 1. The van der Waals surface area contributed by atoms with Gasteiger partial charge in [0.05, 0.1) is 17.6 Å². The number of nitro groups is 1. The number of ether oxygens (including phenoxy) is 1. The Balaban J connectivity index is 2.19. The van der Waals surface area contributed by atoms with Gasteiger partial charge in [-0.2, -0.15) is 0 Å². The van der Waals surface area contributed by atoms with Crippen LogP contribution in [0.5, 0.6) is 5.75 Å². The molecule has 0 aromatic heterocycles. The summed E-state index contributed by atoms with van der Waals surface area (Å²) in [5, 5.41) is 23.6. The molecule has 2 rings (SSSR count). The molecule has 1 saturated carbocycles. The van der Waals surface area contributed by atoms with E-state index in [1.165, 1.54) is 12.1 Å². The van der Waals surface area contributed by atoms with Gasteiger partial charge in [-0.05, 0) is 19.8 Å². The fourth-order valence-electron chi connectivity index (χ4n) is 2.68. The van der Waals surface area contributed by atoms with Crippen LogP contribution in [-0.4, -0.2) is 29.3 Å². The van der Waals surface area contributed by atoms with E-state index in [0.717, 1.165) is 19.3 Å². The van der Waals surface area contributed by atoms with E-state index in [2.05, 4.69) is 5.32 Å². The van der Waals surface area contributed by atoms with Crippen LogP contribution in [0.25, 0.3) is 0 Å². The molecule has 6 nitrogen and oxygen atoms in total. The molecular weight excluding hydrogens is 260 g/mol. The third kappa shape index (κ3) is 3.39. The van der Waals surface area contributed by atoms with Gasteiger partial charge in [0.25, 0.3) is 5.69 Å². The number of aliphatic hydroxyl groups is 1. The van der Waals surface area contributed by atoms with E-state index < -0.39 is 4.92 Å². The van der Waals surface area contributed by atoms with Crippen molar-refractivity contribution in [3.05, 3.63) is 28.3 Å². The summed E-state index contributed by atoms with van der Waals surface area (Å²) in [5.74, 6) is 0.701. The molecule has 2 unspecified atom stereocenters. The summed E-state index contributed by atoms with van der Waals surface area (Å²) in [6.45, 7) is 2.44. The smallest absolute Gasteiger partial charge is 0.275 e. The lowest BCUT2D eigenvalue weighted by molar-refractivity contribution is -0.384. The highest BCUT2D eigenvalue weighted by atomic mass is 16.6. The average Bonchev–Trinajstić information content (AvgIpc) is 2.86. The molecule has 1 aliphatic carbocycles. The number of anilines is 1. The third-order valence-corrected chi connectivity index (χ3v) is 3.66. The number of nitro benzene ring substituents is 1. The lowest BCUT2D eigenvalue weighted by atomic mass is 10.0. The number of nitrogens with one attached hydrogen (secondary N) is 1. The van der Waals surface area contributed by atoms with E-state index >= 15 is 0 Å². The molecule has 110 valence electrons. The molecular formula is C14H20N2O4. The Hall–Kier alpha value is -1.82. The van der Waals surface area contributed by atoms with Crippen LogP contribution in [0.2, 0.25) is 0 Å². The van der Waals surface area contributed by atoms with Crippen molar-refractivity contribution in [1.29, 1.82) is 0 Å². The van der Waals surface area contributed by atoms with Gasteiger partial charge in [-0.15, -0.1) is 0 Å². The molecule has 0 bridgehead atoms. The zero-order valence-corrected chi connectivity index (χ0v) is 11.5. The molecule has 2 N–H and O–H groups in total. The van der Waals surface area contributed by atoms with Crippen molar-refractivity contribution in [2.24, 2.45) is 5.92 Å². The second-order valence-corrected chi connectivity index (χ2v) is 5.03. The van der Waals surface area contributed by atoms with Crippen LogP contribution in [0.15, 0.2) is 18.2 Å².